The molecule has 0 unspecified atom stereocenters. The SMILES string of the molecule is COc1cc(C)[nH]c(=O)c1CNC(=O)c1c(C)n([C@H](C)C2CCN(CC(F)(F)CO)CC2)c2ccccc12. The van der Waals surface area contributed by atoms with Crippen molar-refractivity contribution in [3.8, 4) is 5.75 Å². The van der Waals surface area contributed by atoms with Gasteiger partial charge in [0.05, 0.1) is 31.3 Å². The number of carbonyl (C=O) groups is 1. The van der Waals surface area contributed by atoms with Crippen LogP contribution in [0.15, 0.2) is 35.1 Å². The van der Waals surface area contributed by atoms with Gasteiger partial charge in [0.1, 0.15) is 12.4 Å². The molecule has 8 nitrogen and oxygen atoms in total. The van der Waals surface area contributed by atoms with E-state index in [1.54, 1.807) is 17.9 Å². The summed E-state index contributed by atoms with van der Waals surface area (Å²) in [6.45, 7) is 5.29. The Balaban J connectivity index is 1.56. The minimum Gasteiger partial charge on any atom is -0.496 e. The normalized spacial score (nSPS) is 16.1. The highest BCUT2D eigenvalue weighted by molar-refractivity contribution is 6.08. The fraction of sp³-hybridized carbons (Fsp3) is 0.500. The number of fused-ring (bicyclic) bond motifs is 1. The first-order chi connectivity index (χ1) is 18.1. The van der Waals surface area contributed by atoms with Gasteiger partial charge in [-0.3, -0.25) is 14.5 Å². The van der Waals surface area contributed by atoms with Crippen molar-refractivity contribution in [2.75, 3.05) is 33.4 Å². The van der Waals surface area contributed by atoms with Gasteiger partial charge in [-0.2, -0.15) is 0 Å². The second kappa shape index (κ2) is 11.2. The van der Waals surface area contributed by atoms with Gasteiger partial charge in [0, 0.05) is 28.3 Å². The smallest absolute Gasteiger partial charge is 0.283 e. The molecule has 2 aromatic heterocycles. The third-order valence-electron chi connectivity index (χ3n) is 7.67. The average molecular weight is 531 g/mol. The quantitative estimate of drug-likeness (QED) is 0.391. The second-order valence-electron chi connectivity index (χ2n) is 10.2. The van der Waals surface area contributed by atoms with Crippen LogP contribution in [-0.4, -0.2) is 64.7 Å². The predicted molar refractivity (Wildman–Crippen MR) is 142 cm³/mol. The maximum absolute atomic E-state index is 13.7. The Bertz CT molecular complexity index is 1360. The molecule has 3 heterocycles. The lowest BCUT2D eigenvalue weighted by molar-refractivity contribution is -0.0777. The van der Waals surface area contributed by atoms with Crippen LogP contribution >= 0.6 is 0 Å². The number of rotatable bonds is 9. The number of halogens is 2. The Hall–Kier alpha value is -3.24. The zero-order valence-electron chi connectivity index (χ0n) is 22.3. The first-order valence-corrected chi connectivity index (χ1v) is 12.9. The molecule has 38 heavy (non-hydrogen) atoms. The van der Waals surface area contributed by atoms with Gasteiger partial charge >= 0.3 is 0 Å². The van der Waals surface area contributed by atoms with Crippen molar-refractivity contribution in [2.24, 2.45) is 5.92 Å². The summed E-state index contributed by atoms with van der Waals surface area (Å²) in [7, 11) is 1.49. The summed E-state index contributed by atoms with van der Waals surface area (Å²) in [6.07, 6.45) is 1.48. The lowest BCUT2D eigenvalue weighted by Crippen LogP contribution is -2.44. The molecule has 206 valence electrons. The number of alkyl halides is 2. The Morgan fingerprint density at radius 3 is 2.61 bits per heavy atom. The molecular weight excluding hydrogens is 494 g/mol. The lowest BCUT2D eigenvalue weighted by Gasteiger charge is -2.37. The molecule has 4 rings (SSSR count). The molecule has 1 aliphatic rings. The Kier molecular flexibility index (Phi) is 8.22. The highest BCUT2D eigenvalue weighted by Gasteiger charge is 2.34. The van der Waals surface area contributed by atoms with E-state index in [-0.39, 0.29) is 30.0 Å². The van der Waals surface area contributed by atoms with Gasteiger partial charge in [-0.05, 0) is 64.8 Å². The van der Waals surface area contributed by atoms with E-state index < -0.39 is 19.1 Å². The molecule has 0 saturated carbocycles. The van der Waals surface area contributed by atoms with Crippen molar-refractivity contribution in [3.05, 3.63) is 63.2 Å². The van der Waals surface area contributed by atoms with Crippen molar-refractivity contribution in [1.29, 1.82) is 0 Å². The first kappa shape index (κ1) is 27.8. The maximum atomic E-state index is 13.7. The minimum absolute atomic E-state index is 0.0169. The van der Waals surface area contributed by atoms with Crippen LogP contribution in [0.5, 0.6) is 5.75 Å². The summed E-state index contributed by atoms with van der Waals surface area (Å²) in [5.74, 6) is -2.72. The fourth-order valence-electron chi connectivity index (χ4n) is 5.68. The molecule has 1 atom stereocenters. The number of likely N-dealkylation sites (tertiary alicyclic amines) is 1. The number of ether oxygens (including phenoxy) is 1. The number of piperidine rings is 1. The zero-order chi connectivity index (χ0) is 27.6. The van der Waals surface area contributed by atoms with Crippen molar-refractivity contribution >= 4 is 16.8 Å². The van der Waals surface area contributed by atoms with Crippen LogP contribution in [-0.2, 0) is 6.54 Å². The number of nitrogens with zero attached hydrogens (tertiary/aromatic N) is 2. The number of methoxy groups -OCH3 is 1. The lowest BCUT2D eigenvalue weighted by atomic mass is 9.89. The maximum Gasteiger partial charge on any atom is 0.283 e. The van der Waals surface area contributed by atoms with Gasteiger partial charge in [-0.15, -0.1) is 0 Å². The first-order valence-electron chi connectivity index (χ1n) is 12.9. The number of carbonyl (C=O) groups excluding carboxylic acids is 1. The van der Waals surface area contributed by atoms with E-state index in [1.807, 2.05) is 31.2 Å². The van der Waals surface area contributed by atoms with E-state index in [9.17, 15) is 18.4 Å². The molecule has 0 spiro atoms. The average Bonchev–Trinajstić information content (AvgIpc) is 3.19. The van der Waals surface area contributed by atoms with E-state index in [0.717, 1.165) is 29.4 Å². The topological polar surface area (TPSA) is 99.6 Å². The minimum atomic E-state index is -3.10. The summed E-state index contributed by atoms with van der Waals surface area (Å²) < 4.78 is 34.8. The highest BCUT2D eigenvalue weighted by Crippen LogP contribution is 2.36. The number of amides is 1. The summed E-state index contributed by atoms with van der Waals surface area (Å²) in [5.41, 5.74) is 3.01. The number of benzene rings is 1. The number of hydrogen-bond donors (Lipinski definition) is 3. The van der Waals surface area contributed by atoms with Crippen LogP contribution in [0.3, 0.4) is 0 Å². The van der Waals surface area contributed by atoms with E-state index in [4.69, 9.17) is 9.84 Å². The predicted octanol–water partition coefficient (Wildman–Crippen LogP) is 3.79. The van der Waals surface area contributed by atoms with Gasteiger partial charge in [0.2, 0.25) is 0 Å². The molecule has 1 amide bonds. The molecule has 1 aliphatic heterocycles. The van der Waals surface area contributed by atoms with E-state index in [1.165, 1.54) is 7.11 Å². The summed E-state index contributed by atoms with van der Waals surface area (Å²) in [4.78, 5) is 30.4. The highest BCUT2D eigenvalue weighted by atomic mass is 19.3. The largest absolute Gasteiger partial charge is 0.496 e. The molecule has 1 saturated heterocycles. The Morgan fingerprint density at radius 1 is 1.26 bits per heavy atom. The standard InChI is InChI=1S/C28H36F2N4O4/c1-17-13-24(38-4)22(26(36)32-17)14-31-27(37)25-19(3)34(23-8-6-5-7-21(23)25)18(2)20-9-11-33(12-10-20)15-28(29,30)16-35/h5-8,13,18,20,35H,9-12,14-16H2,1-4H3,(H,31,37)(H,32,36)/t18-/m1/s1. The third-order valence-corrected chi connectivity index (χ3v) is 7.67. The molecule has 10 heteroatoms. The molecule has 1 aromatic carbocycles. The number of pyridine rings is 1. The molecule has 3 N–H and O–H groups in total. The van der Waals surface area contributed by atoms with Crippen LogP contribution < -0.4 is 15.6 Å². The van der Waals surface area contributed by atoms with Crippen LogP contribution in [0.1, 0.15) is 53.1 Å². The van der Waals surface area contributed by atoms with Crippen LogP contribution in [0.2, 0.25) is 0 Å². The number of nitrogens with one attached hydrogen (secondary N) is 2. The van der Waals surface area contributed by atoms with Crippen molar-refractivity contribution < 1.29 is 23.4 Å². The Morgan fingerprint density at radius 2 is 1.95 bits per heavy atom. The van der Waals surface area contributed by atoms with Crippen LogP contribution in [0, 0.1) is 19.8 Å². The van der Waals surface area contributed by atoms with Crippen molar-refractivity contribution in [3.63, 3.8) is 0 Å². The summed E-state index contributed by atoms with van der Waals surface area (Å²) in [6, 6.07) is 9.49. The molecular formula is C28H36F2N4O4. The Labute approximate surface area is 220 Å². The number of aliphatic hydroxyl groups excluding tert-OH is 1. The number of aryl methyl sites for hydroxylation is 1. The summed E-state index contributed by atoms with van der Waals surface area (Å²) >= 11 is 0. The van der Waals surface area contributed by atoms with Gasteiger partial charge in [0.25, 0.3) is 17.4 Å². The zero-order valence-corrected chi connectivity index (χ0v) is 22.3. The fourth-order valence-corrected chi connectivity index (χ4v) is 5.68. The molecule has 3 aromatic rings. The summed E-state index contributed by atoms with van der Waals surface area (Å²) in [5, 5.41) is 12.6. The molecule has 1 fully saturated rings. The van der Waals surface area contributed by atoms with Gasteiger partial charge in [-0.1, -0.05) is 18.2 Å². The van der Waals surface area contributed by atoms with E-state index in [0.29, 0.717) is 35.7 Å². The van der Waals surface area contributed by atoms with E-state index >= 15 is 0 Å². The number of para-hydroxylation sites is 1. The molecule has 0 bridgehead atoms. The van der Waals surface area contributed by atoms with Crippen LogP contribution in [0.25, 0.3) is 10.9 Å². The number of H-pyrrole nitrogens is 1. The molecule has 0 aliphatic carbocycles. The molecule has 0 radical (unpaired) electrons. The van der Waals surface area contributed by atoms with Crippen molar-refractivity contribution in [2.45, 2.75) is 52.1 Å². The monoisotopic (exact) mass is 530 g/mol. The number of aliphatic hydroxyl groups is 1. The van der Waals surface area contributed by atoms with Gasteiger partial charge in [-0.25, -0.2) is 8.78 Å². The number of aromatic nitrogens is 2. The van der Waals surface area contributed by atoms with E-state index in [2.05, 4.69) is 21.8 Å². The number of hydrogen-bond acceptors (Lipinski definition) is 5. The second-order valence-corrected chi connectivity index (χ2v) is 10.2. The van der Waals surface area contributed by atoms with Crippen molar-refractivity contribution in [1.82, 2.24) is 19.8 Å². The van der Waals surface area contributed by atoms with Crippen LogP contribution in [0.4, 0.5) is 8.78 Å². The van der Waals surface area contributed by atoms with Gasteiger partial charge < -0.3 is 24.7 Å². The third kappa shape index (κ3) is 5.61. The number of aromatic amines is 1. The van der Waals surface area contributed by atoms with Gasteiger partial charge in [0.15, 0.2) is 0 Å².